The zero-order valence-corrected chi connectivity index (χ0v) is 8.52. The average molecular weight is 205 g/mol. The van der Waals surface area contributed by atoms with Gasteiger partial charge in [-0.15, -0.1) is 0 Å². The van der Waals surface area contributed by atoms with Crippen molar-refractivity contribution in [1.29, 1.82) is 0 Å². The molecule has 0 amide bonds. The third-order valence-corrected chi connectivity index (χ3v) is 2.39. The number of fused-ring (bicyclic) bond motifs is 1. The fraction of sp³-hybridized carbons (Fsp3) is 0.273. The first-order valence-electron chi connectivity index (χ1n) is 4.55. The van der Waals surface area contributed by atoms with Crippen molar-refractivity contribution < 1.29 is 14.6 Å². The number of carbonyl (C=O) groups is 1. The Morgan fingerprint density at radius 3 is 2.93 bits per heavy atom. The number of pyridine rings is 1. The monoisotopic (exact) mass is 205 g/mol. The van der Waals surface area contributed by atoms with Crippen LogP contribution < -0.4 is 0 Å². The maximum atomic E-state index is 11.8. The summed E-state index contributed by atoms with van der Waals surface area (Å²) in [5.74, 6) is -0.0902. The number of hydrogen-bond donors (Lipinski definition) is 1. The molecular formula is C11H11NO3. The highest BCUT2D eigenvalue weighted by molar-refractivity contribution is 6.09. The Balaban J connectivity index is 2.65. The van der Waals surface area contributed by atoms with Crippen molar-refractivity contribution >= 4 is 5.78 Å². The predicted octanol–water partition coefficient (Wildman–Crippen LogP) is 1.02. The molecule has 1 N–H and O–H groups in total. The van der Waals surface area contributed by atoms with Gasteiger partial charge in [0.25, 0.3) is 0 Å². The molecule has 0 saturated heterocycles. The number of rotatable bonds is 1. The Morgan fingerprint density at radius 1 is 1.53 bits per heavy atom. The van der Waals surface area contributed by atoms with Gasteiger partial charge in [-0.25, -0.2) is 0 Å². The van der Waals surface area contributed by atoms with Gasteiger partial charge in [0, 0.05) is 6.20 Å². The van der Waals surface area contributed by atoms with E-state index in [0.29, 0.717) is 11.3 Å². The Kier molecular flexibility index (Phi) is 2.08. The zero-order valence-electron chi connectivity index (χ0n) is 8.52. The molecule has 0 fully saturated rings. The molecule has 0 bridgehead atoms. The van der Waals surface area contributed by atoms with E-state index in [2.05, 4.69) is 4.98 Å². The standard InChI is InChI=1S/C11H11NO3/c1-11(14)6-8(15-2)9(13)7-4-3-5-12-10(7)11/h3-6,14H,1-2H3. The highest BCUT2D eigenvalue weighted by Gasteiger charge is 2.35. The Hall–Kier alpha value is -1.68. The molecule has 4 heteroatoms. The molecule has 78 valence electrons. The Bertz CT molecular complexity index is 449. The molecule has 1 atom stereocenters. The van der Waals surface area contributed by atoms with Crippen LogP contribution in [0.1, 0.15) is 23.0 Å². The van der Waals surface area contributed by atoms with E-state index in [1.807, 2.05) is 0 Å². The number of aliphatic hydroxyl groups is 1. The van der Waals surface area contributed by atoms with Gasteiger partial charge >= 0.3 is 0 Å². The van der Waals surface area contributed by atoms with Crippen LogP contribution in [-0.2, 0) is 10.3 Å². The van der Waals surface area contributed by atoms with Crippen LogP contribution >= 0.6 is 0 Å². The quantitative estimate of drug-likeness (QED) is 0.743. The highest BCUT2D eigenvalue weighted by atomic mass is 16.5. The van der Waals surface area contributed by atoms with Gasteiger partial charge in [-0.1, -0.05) is 0 Å². The van der Waals surface area contributed by atoms with E-state index in [9.17, 15) is 9.90 Å². The van der Waals surface area contributed by atoms with Gasteiger partial charge in [-0.2, -0.15) is 0 Å². The molecule has 1 unspecified atom stereocenters. The lowest BCUT2D eigenvalue weighted by atomic mass is 9.88. The Labute approximate surface area is 87.2 Å². The van der Waals surface area contributed by atoms with Crippen molar-refractivity contribution in [2.24, 2.45) is 0 Å². The number of Topliss-reactive ketones (excluding diaryl/α,β-unsaturated/α-hetero) is 1. The largest absolute Gasteiger partial charge is 0.493 e. The van der Waals surface area contributed by atoms with E-state index in [0.717, 1.165) is 0 Å². The molecule has 1 aromatic rings. The van der Waals surface area contributed by atoms with Crippen molar-refractivity contribution in [2.75, 3.05) is 7.11 Å². The summed E-state index contributed by atoms with van der Waals surface area (Å²) >= 11 is 0. The molecule has 15 heavy (non-hydrogen) atoms. The smallest absolute Gasteiger partial charge is 0.229 e. The van der Waals surface area contributed by atoms with E-state index < -0.39 is 5.60 Å². The first-order valence-corrected chi connectivity index (χ1v) is 4.55. The summed E-state index contributed by atoms with van der Waals surface area (Å²) in [4.78, 5) is 15.8. The summed E-state index contributed by atoms with van der Waals surface area (Å²) in [6, 6.07) is 3.29. The van der Waals surface area contributed by atoms with E-state index in [-0.39, 0.29) is 11.5 Å². The third kappa shape index (κ3) is 1.43. The summed E-state index contributed by atoms with van der Waals surface area (Å²) in [6.07, 6.45) is 2.93. The average Bonchev–Trinajstić information content (AvgIpc) is 2.24. The lowest BCUT2D eigenvalue weighted by molar-refractivity contribution is 0.0777. The van der Waals surface area contributed by atoms with Gasteiger partial charge < -0.3 is 9.84 Å². The van der Waals surface area contributed by atoms with Crippen LogP contribution in [-0.4, -0.2) is 23.0 Å². The van der Waals surface area contributed by atoms with Crippen LogP contribution in [0.25, 0.3) is 0 Å². The summed E-state index contributed by atoms with van der Waals surface area (Å²) in [6.45, 7) is 1.57. The summed E-state index contributed by atoms with van der Waals surface area (Å²) in [5, 5.41) is 10.1. The molecule has 1 aliphatic rings. The summed E-state index contributed by atoms with van der Waals surface area (Å²) < 4.78 is 4.92. The molecule has 1 aliphatic carbocycles. The van der Waals surface area contributed by atoms with Crippen molar-refractivity contribution in [2.45, 2.75) is 12.5 Å². The fourth-order valence-electron chi connectivity index (χ4n) is 1.67. The van der Waals surface area contributed by atoms with Gasteiger partial charge in [0.2, 0.25) is 5.78 Å². The SMILES string of the molecule is COC1=CC(C)(O)c2ncccc2C1=O. The third-order valence-electron chi connectivity index (χ3n) is 2.39. The number of ether oxygens (including phenoxy) is 1. The van der Waals surface area contributed by atoms with Gasteiger partial charge in [0.15, 0.2) is 5.76 Å². The number of hydrogen-bond acceptors (Lipinski definition) is 4. The van der Waals surface area contributed by atoms with E-state index in [1.165, 1.54) is 13.2 Å². The highest BCUT2D eigenvalue weighted by Crippen LogP contribution is 2.31. The van der Waals surface area contributed by atoms with Crippen LogP contribution in [0.2, 0.25) is 0 Å². The molecule has 4 nitrogen and oxygen atoms in total. The molecule has 2 rings (SSSR count). The van der Waals surface area contributed by atoms with Crippen LogP contribution in [0.5, 0.6) is 0 Å². The number of methoxy groups -OCH3 is 1. The van der Waals surface area contributed by atoms with Gasteiger partial charge in [0.1, 0.15) is 5.60 Å². The number of ketones is 1. The van der Waals surface area contributed by atoms with Crippen LogP contribution in [0, 0.1) is 0 Å². The molecule has 0 spiro atoms. The topological polar surface area (TPSA) is 59.4 Å². The lowest BCUT2D eigenvalue weighted by Gasteiger charge is -2.26. The number of nitrogens with zero attached hydrogens (tertiary/aromatic N) is 1. The minimum atomic E-state index is -1.25. The molecule has 1 heterocycles. The maximum Gasteiger partial charge on any atom is 0.229 e. The van der Waals surface area contributed by atoms with Gasteiger partial charge in [0.05, 0.1) is 18.4 Å². The molecule has 0 aliphatic heterocycles. The first kappa shape index (κ1) is 9.86. The number of aromatic nitrogens is 1. The number of carbonyl (C=O) groups excluding carboxylic acids is 1. The molecule has 0 saturated carbocycles. The molecule has 0 radical (unpaired) electrons. The van der Waals surface area contributed by atoms with Crippen LogP contribution in [0.15, 0.2) is 30.2 Å². The van der Waals surface area contributed by atoms with Crippen molar-refractivity contribution in [3.05, 3.63) is 41.4 Å². The van der Waals surface area contributed by atoms with E-state index >= 15 is 0 Å². The second kappa shape index (κ2) is 3.17. The van der Waals surface area contributed by atoms with Gasteiger partial charge in [-0.3, -0.25) is 9.78 Å². The van der Waals surface area contributed by atoms with Crippen molar-refractivity contribution in [1.82, 2.24) is 4.98 Å². The lowest BCUT2D eigenvalue weighted by Crippen LogP contribution is -2.30. The second-order valence-corrected chi connectivity index (χ2v) is 3.59. The normalized spacial score (nSPS) is 24.5. The second-order valence-electron chi connectivity index (χ2n) is 3.59. The van der Waals surface area contributed by atoms with Gasteiger partial charge in [-0.05, 0) is 25.1 Å². The molecule has 0 aromatic carbocycles. The maximum absolute atomic E-state index is 11.8. The first-order chi connectivity index (χ1) is 7.06. The van der Waals surface area contributed by atoms with Crippen LogP contribution in [0.3, 0.4) is 0 Å². The molecular weight excluding hydrogens is 194 g/mol. The fourth-order valence-corrected chi connectivity index (χ4v) is 1.67. The van der Waals surface area contributed by atoms with E-state index in [4.69, 9.17) is 4.74 Å². The molecule has 1 aromatic heterocycles. The summed E-state index contributed by atoms with van der Waals surface area (Å²) in [7, 11) is 1.40. The van der Waals surface area contributed by atoms with Crippen molar-refractivity contribution in [3.63, 3.8) is 0 Å². The van der Waals surface area contributed by atoms with E-state index in [1.54, 1.807) is 25.3 Å². The predicted molar refractivity (Wildman–Crippen MR) is 53.2 cm³/mol. The Morgan fingerprint density at radius 2 is 2.27 bits per heavy atom. The minimum absolute atomic E-state index is 0.153. The minimum Gasteiger partial charge on any atom is -0.493 e. The zero-order chi connectivity index (χ0) is 11.1. The van der Waals surface area contributed by atoms with Crippen molar-refractivity contribution in [3.8, 4) is 0 Å². The summed E-state index contributed by atoms with van der Waals surface area (Å²) in [5.41, 5.74) is -0.492. The van der Waals surface area contributed by atoms with Crippen LogP contribution in [0.4, 0.5) is 0 Å². The number of allylic oxidation sites excluding steroid dienone is 1.